The molecule has 0 atom stereocenters. The zero-order valence-corrected chi connectivity index (χ0v) is 9.42. The fourth-order valence-corrected chi connectivity index (χ4v) is 2.36. The van der Waals surface area contributed by atoms with Crippen LogP contribution in [0.15, 0.2) is 58.3 Å². The maximum absolute atomic E-state index is 5.95. The largest absolute Gasteiger partial charge is 0.398 e. The minimum Gasteiger partial charge on any atom is -0.398 e. The highest BCUT2D eigenvalue weighted by Crippen LogP contribution is 2.34. The first kappa shape index (κ1) is 10.1. The monoisotopic (exact) mass is 215 g/mol. The average molecular weight is 215 g/mol. The minimum atomic E-state index is 0.851. The lowest BCUT2D eigenvalue weighted by atomic mass is 10.2. The number of rotatable bonds is 2. The van der Waals surface area contributed by atoms with E-state index in [1.807, 2.05) is 30.3 Å². The second kappa shape index (κ2) is 4.41. The van der Waals surface area contributed by atoms with Crippen LogP contribution in [-0.4, -0.2) is 0 Å². The highest BCUT2D eigenvalue weighted by Gasteiger charge is 2.03. The van der Waals surface area contributed by atoms with Gasteiger partial charge in [-0.1, -0.05) is 42.1 Å². The van der Waals surface area contributed by atoms with Crippen LogP contribution in [0.2, 0.25) is 0 Å². The Bertz CT molecular complexity index is 431. The molecule has 0 amide bonds. The molecule has 0 unspecified atom stereocenters. The summed E-state index contributed by atoms with van der Waals surface area (Å²) >= 11 is 1.72. The van der Waals surface area contributed by atoms with E-state index in [1.54, 1.807) is 11.8 Å². The lowest BCUT2D eigenvalue weighted by Gasteiger charge is -2.08. The number of hydrogen-bond donors (Lipinski definition) is 1. The van der Waals surface area contributed by atoms with Gasteiger partial charge in [0.2, 0.25) is 0 Å². The van der Waals surface area contributed by atoms with Crippen molar-refractivity contribution in [1.82, 2.24) is 0 Å². The van der Waals surface area contributed by atoms with Gasteiger partial charge in [-0.05, 0) is 30.7 Å². The fourth-order valence-electron chi connectivity index (χ4n) is 1.42. The Hall–Kier alpha value is -1.41. The van der Waals surface area contributed by atoms with Gasteiger partial charge in [0.15, 0.2) is 0 Å². The third kappa shape index (κ3) is 2.34. The van der Waals surface area contributed by atoms with Crippen molar-refractivity contribution in [1.29, 1.82) is 0 Å². The molecule has 0 bridgehead atoms. The van der Waals surface area contributed by atoms with Crippen molar-refractivity contribution >= 4 is 17.4 Å². The third-order valence-electron chi connectivity index (χ3n) is 2.21. The van der Waals surface area contributed by atoms with Crippen molar-refractivity contribution < 1.29 is 0 Å². The van der Waals surface area contributed by atoms with E-state index in [0.717, 1.165) is 10.6 Å². The van der Waals surface area contributed by atoms with E-state index >= 15 is 0 Å². The first-order valence-electron chi connectivity index (χ1n) is 4.85. The van der Waals surface area contributed by atoms with Gasteiger partial charge in [-0.25, -0.2) is 0 Å². The number of benzene rings is 2. The van der Waals surface area contributed by atoms with E-state index in [2.05, 4.69) is 25.1 Å². The second-order valence-corrected chi connectivity index (χ2v) is 4.49. The summed E-state index contributed by atoms with van der Waals surface area (Å²) in [4.78, 5) is 2.38. The minimum absolute atomic E-state index is 0.851. The molecule has 0 fully saturated rings. The molecule has 0 heterocycles. The molecule has 2 heteroatoms. The molecule has 15 heavy (non-hydrogen) atoms. The molecule has 0 aliphatic heterocycles. The van der Waals surface area contributed by atoms with Crippen molar-refractivity contribution in [3.63, 3.8) is 0 Å². The summed E-state index contributed by atoms with van der Waals surface area (Å²) in [5.74, 6) is 0. The van der Waals surface area contributed by atoms with Crippen molar-refractivity contribution in [3.05, 3.63) is 54.1 Å². The zero-order valence-electron chi connectivity index (χ0n) is 8.60. The van der Waals surface area contributed by atoms with E-state index in [9.17, 15) is 0 Å². The first-order chi connectivity index (χ1) is 7.27. The van der Waals surface area contributed by atoms with Gasteiger partial charge in [0.1, 0.15) is 0 Å². The Kier molecular flexibility index (Phi) is 2.97. The molecule has 0 aliphatic rings. The summed E-state index contributed by atoms with van der Waals surface area (Å²) in [5.41, 5.74) is 8.02. The van der Waals surface area contributed by atoms with Crippen LogP contribution in [0.1, 0.15) is 5.56 Å². The van der Waals surface area contributed by atoms with Gasteiger partial charge in [-0.3, -0.25) is 0 Å². The molecule has 0 aliphatic carbocycles. The molecule has 0 radical (unpaired) electrons. The highest BCUT2D eigenvalue weighted by molar-refractivity contribution is 7.99. The molecule has 2 N–H and O–H groups in total. The summed E-state index contributed by atoms with van der Waals surface area (Å²) in [6.45, 7) is 2.08. The van der Waals surface area contributed by atoms with Crippen molar-refractivity contribution in [2.75, 3.05) is 5.73 Å². The van der Waals surface area contributed by atoms with Crippen molar-refractivity contribution in [3.8, 4) is 0 Å². The van der Waals surface area contributed by atoms with Crippen LogP contribution in [0.3, 0.4) is 0 Å². The Morgan fingerprint density at radius 2 is 1.67 bits per heavy atom. The molecule has 2 aromatic rings. The lowest BCUT2D eigenvalue weighted by Crippen LogP contribution is -1.90. The Morgan fingerprint density at radius 3 is 2.33 bits per heavy atom. The van der Waals surface area contributed by atoms with E-state index in [1.165, 1.54) is 10.5 Å². The number of nitrogens with two attached hydrogens (primary N) is 1. The van der Waals surface area contributed by atoms with Gasteiger partial charge in [-0.15, -0.1) is 0 Å². The quantitative estimate of drug-likeness (QED) is 0.772. The van der Waals surface area contributed by atoms with Crippen LogP contribution in [0, 0.1) is 6.92 Å². The summed E-state index contributed by atoms with van der Waals surface area (Å²) in [7, 11) is 0. The van der Waals surface area contributed by atoms with Crippen LogP contribution < -0.4 is 5.73 Å². The van der Waals surface area contributed by atoms with E-state index in [0.29, 0.717) is 0 Å². The summed E-state index contributed by atoms with van der Waals surface area (Å²) < 4.78 is 0. The normalized spacial score (nSPS) is 10.2. The van der Waals surface area contributed by atoms with Gasteiger partial charge in [0.05, 0.1) is 0 Å². The molecule has 1 nitrogen and oxygen atoms in total. The van der Waals surface area contributed by atoms with Gasteiger partial charge in [0.25, 0.3) is 0 Å². The SMILES string of the molecule is Cc1cccc(N)c1Sc1ccccc1. The molecule has 2 rings (SSSR count). The van der Waals surface area contributed by atoms with Gasteiger partial charge >= 0.3 is 0 Å². The highest BCUT2D eigenvalue weighted by atomic mass is 32.2. The number of aryl methyl sites for hydroxylation is 1. The third-order valence-corrected chi connectivity index (χ3v) is 3.48. The molecule has 76 valence electrons. The first-order valence-corrected chi connectivity index (χ1v) is 5.67. The predicted molar refractivity (Wildman–Crippen MR) is 66.2 cm³/mol. The maximum Gasteiger partial charge on any atom is 0.0458 e. The molecule has 2 aromatic carbocycles. The molecule has 0 saturated heterocycles. The molecule has 0 aromatic heterocycles. The van der Waals surface area contributed by atoms with Crippen LogP contribution in [-0.2, 0) is 0 Å². The fraction of sp³-hybridized carbons (Fsp3) is 0.0769. The van der Waals surface area contributed by atoms with Crippen LogP contribution >= 0.6 is 11.8 Å². The van der Waals surface area contributed by atoms with Gasteiger partial charge < -0.3 is 5.73 Å². The number of nitrogen functional groups attached to an aromatic ring is 1. The molecular weight excluding hydrogens is 202 g/mol. The lowest BCUT2D eigenvalue weighted by molar-refractivity contribution is 1.30. The summed E-state index contributed by atoms with van der Waals surface area (Å²) in [6, 6.07) is 16.3. The van der Waals surface area contributed by atoms with E-state index in [4.69, 9.17) is 5.73 Å². The average Bonchev–Trinajstić information content (AvgIpc) is 2.25. The second-order valence-electron chi connectivity index (χ2n) is 3.41. The Morgan fingerprint density at radius 1 is 0.933 bits per heavy atom. The molecular formula is C13H13NS. The smallest absolute Gasteiger partial charge is 0.0458 e. The van der Waals surface area contributed by atoms with Gasteiger partial charge in [0, 0.05) is 15.5 Å². The maximum atomic E-state index is 5.95. The standard InChI is InChI=1S/C13H13NS/c1-10-6-5-9-12(14)13(10)15-11-7-3-2-4-8-11/h2-9H,14H2,1H3. The van der Waals surface area contributed by atoms with Crippen LogP contribution in [0.25, 0.3) is 0 Å². The number of hydrogen-bond acceptors (Lipinski definition) is 2. The number of anilines is 1. The van der Waals surface area contributed by atoms with Crippen molar-refractivity contribution in [2.45, 2.75) is 16.7 Å². The summed E-state index contributed by atoms with van der Waals surface area (Å²) in [6.07, 6.45) is 0. The summed E-state index contributed by atoms with van der Waals surface area (Å²) in [5, 5.41) is 0. The molecule has 0 spiro atoms. The van der Waals surface area contributed by atoms with Crippen molar-refractivity contribution in [2.24, 2.45) is 0 Å². The molecule has 0 saturated carbocycles. The topological polar surface area (TPSA) is 26.0 Å². The van der Waals surface area contributed by atoms with Crippen LogP contribution in [0.4, 0.5) is 5.69 Å². The Labute approximate surface area is 94.3 Å². The Balaban J connectivity index is 2.32. The zero-order chi connectivity index (χ0) is 10.7. The van der Waals surface area contributed by atoms with E-state index < -0.39 is 0 Å². The predicted octanol–water partition coefficient (Wildman–Crippen LogP) is 3.73. The van der Waals surface area contributed by atoms with Crippen LogP contribution in [0.5, 0.6) is 0 Å². The van der Waals surface area contributed by atoms with Gasteiger partial charge in [-0.2, -0.15) is 0 Å². The van der Waals surface area contributed by atoms with E-state index in [-0.39, 0.29) is 0 Å².